The van der Waals surface area contributed by atoms with Crippen LogP contribution >= 0.6 is 22.2 Å². The van der Waals surface area contributed by atoms with Crippen LogP contribution in [0.5, 0.6) is 0 Å². The molecule has 0 saturated carbocycles. The van der Waals surface area contributed by atoms with E-state index in [1.807, 2.05) is 0 Å². The molecule has 0 aliphatic heterocycles. The summed E-state index contributed by atoms with van der Waals surface area (Å²) in [6.07, 6.45) is 8.92. The fourth-order valence-corrected chi connectivity index (χ4v) is 4.96. The molecule has 0 heterocycles. The molecule has 0 N–H and O–H groups in total. The molecule has 0 aromatic rings. The van der Waals surface area contributed by atoms with E-state index < -0.39 is 6.69 Å². The van der Waals surface area contributed by atoms with Crippen molar-refractivity contribution in [1.82, 2.24) is 0 Å². The highest BCUT2D eigenvalue weighted by Gasteiger charge is 2.26. The van der Waals surface area contributed by atoms with Gasteiger partial charge < -0.3 is 0 Å². The van der Waals surface area contributed by atoms with Gasteiger partial charge in [0.05, 0.1) is 0 Å². The van der Waals surface area contributed by atoms with Crippen LogP contribution in [0.4, 0.5) is 0 Å². The third kappa shape index (κ3) is 9.36. The van der Waals surface area contributed by atoms with E-state index in [9.17, 15) is 0 Å². The molecule has 0 rings (SSSR count). The van der Waals surface area contributed by atoms with Gasteiger partial charge in [-0.2, -0.15) is 0 Å². The van der Waals surface area contributed by atoms with Crippen molar-refractivity contribution in [2.45, 2.75) is 70.9 Å². The zero-order valence-electron chi connectivity index (χ0n) is 9.62. The first kappa shape index (κ1) is 14.8. The molecule has 0 saturated heterocycles. The molecule has 0 amide bonds. The van der Waals surface area contributed by atoms with Gasteiger partial charge in [-0.05, 0) is 12.1 Å². The molecule has 0 aliphatic carbocycles. The Labute approximate surface area is 99.8 Å². The summed E-state index contributed by atoms with van der Waals surface area (Å²) < 4.78 is 0. The van der Waals surface area contributed by atoms with Gasteiger partial charge >= 0.3 is 0 Å². The first-order valence-corrected chi connectivity index (χ1v) is 10.4. The Morgan fingerprint density at radius 2 is 1.14 bits per heavy atom. The topological polar surface area (TPSA) is 0 Å². The lowest BCUT2D eigenvalue weighted by molar-refractivity contribution is 0.696. The number of hydrogen-bond donors (Lipinski definition) is 0. The van der Waals surface area contributed by atoms with Gasteiger partial charge in [-0.15, -0.1) is 22.2 Å². The minimum Gasteiger partial charge on any atom is -0.146 e. The fourth-order valence-electron chi connectivity index (χ4n) is 1.57. The van der Waals surface area contributed by atoms with E-state index in [0.717, 1.165) is 12.1 Å². The quantitative estimate of drug-likeness (QED) is 0.282. The summed E-state index contributed by atoms with van der Waals surface area (Å²) in [7, 11) is 0. The molecule has 0 fully saturated rings. The predicted molar refractivity (Wildman–Crippen MR) is 70.7 cm³/mol. The molecule has 0 spiro atoms. The van der Waals surface area contributed by atoms with Gasteiger partial charge in [0.25, 0.3) is 6.69 Å². The molecule has 0 aromatic carbocycles. The maximum atomic E-state index is 6.36. The highest BCUT2D eigenvalue weighted by molar-refractivity contribution is 7.45. The smallest absolute Gasteiger partial charge is 0.146 e. The zero-order valence-corrected chi connectivity index (χ0v) is 12.1. The number of rotatable bonds is 9. The van der Waals surface area contributed by atoms with Crippen LogP contribution in [0.15, 0.2) is 0 Å². The van der Waals surface area contributed by atoms with Crippen molar-refractivity contribution in [1.29, 1.82) is 0 Å². The molecule has 86 valence electrons. The molecule has 0 bridgehead atoms. The highest BCUT2D eigenvalue weighted by atomic mass is 35.7. The number of unbranched alkanes of at least 4 members (excludes halogenated alkanes) is 5. The van der Waals surface area contributed by atoms with Gasteiger partial charge in [0, 0.05) is 0 Å². The fraction of sp³-hybridized carbons (Fsp3) is 1.00. The van der Waals surface area contributed by atoms with Crippen LogP contribution in [0.25, 0.3) is 0 Å². The van der Waals surface area contributed by atoms with Gasteiger partial charge in [0.15, 0.2) is 0 Å². The number of hydrogen-bond acceptors (Lipinski definition) is 0. The lowest BCUT2D eigenvalue weighted by Crippen LogP contribution is -2.18. The van der Waals surface area contributed by atoms with Crippen LogP contribution in [0.3, 0.4) is 0 Å². The Kier molecular flexibility index (Phi) is 9.57. The Balaban J connectivity index is 3.40. The first-order valence-electron chi connectivity index (χ1n) is 6.00. The largest absolute Gasteiger partial charge is 0.251 e. The van der Waals surface area contributed by atoms with Crippen LogP contribution in [0, 0.1) is 0 Å². The molecule has 0 atom stereocenters. The van der Waals surface area contributed by atoms with Crippen LogP contribution in [0.2, 0.25) is 12.1 Å². The molecule has 0 nitrogen and oxygen atoms in total. The zero-order chi connectivity index (χ0) is 10.9. The van der Waals surface area contributed by atoms with Gasteiger partial charge in [0.2, 0.25) is 0 Å². The van der Waals surface area contributed by atoms with Crippen LogP contribution in [0.1, 0.15) is 58.8 Å². The predicted octanol–water partition coefficient (Wildman–Crippen LogP) is 5.68. The van der Waals surface area contributed by atoms with E-state index in [2.05, 4.69) is 13.8 Å². The van der Waals surface area contributed by atoms with Crippen molar-refractivity contribution >= 4 is 28.9 Å². The normalized spacial score (nSPS) is 12.0. The summed E-state index contributed by atoms with van der Waals surface area (Å²) in [6.45, 7) is 2.60. The highest BCUT2D eigenvalue weighted by Crippen LogP contribution is 2.30. The molecule has 0 unspecified atom stereocenters. The second kappa shape index (κ2) is 9.05. The first-order chi connectivity index (χ1) is 6.62. The Morgan fingerprint density at radius 3 is 1.64 bits per heavy atom. The Bertz CT molecular complexity index is 126. The summed E-state index contributed by atoms with van der Waals surface area (Å²) in [5.74, 6) is 0. The average molecular weight is 255 g/mol. The summed E-state index contributed by atoms with van der Waals surface area (Å²) in [5, 5.41) is 0. The second-order valence-electron chi connectivity index (χ2n) is 4.12. The van der Waals surface area contributed by atoms with E-state index in [0.29, 0.717) is 0 Å². The van der Waals surface area contributed by atoms with Crippen molar-refractivity contribution in [3.05, 3.63) is 0 Å². The van der Waals surface area contributed by atoms with E-state index in [1.54, 1.807) is 0 Å². The SMILES string of the molecule is CCCCCC[Si](Cl)(Cl)CCCCC. The van der Waals surface area contributed by atoms with E-state index in [4.69, 9.17) is 22.2 Å². The van der Waals surface area contributed by atoms with Gasteiger partial charge in [-0.1, -0.05) is 58.8 Å². The van der Waals surface area contributed by atoms with Crippen molar-refractivity contribution < 1.29 is 0 Å². The monoisotopic (exact) mass is 254 g/mol. The molecule has 14 heavy (non-hydrogen) atoms. The molecule has 3 heteroatoms. The summed E-state index contributed by atoms with van der Waals surface area (Å²) in [5.41, 5.74) is 0. The van der Waals surface area contributed by atoms with Crippen molar-refractivity contribution in [2.24, 2.45) is 0 Å². The standard InChI is InChI=1S/C11H24Cl2Si/c1-3-5-7-9-11-14(12,13)10-8-6-4-2/h3-11H2,1-2H3. The third-order valence-corrected chi connectivity index (χ3v) is 6.98. The van der Waals surface area contributed by atoms with Crippen molar-refractivity contribution in [2.75, 3.05) is 0 Å². The molecule has 0 radical (unpaired) electrons. The third-order valence-electron chi connectivity index (χ3n) is 2.54. The number of halogens is 2. The Morgan fingerprint density at radius 1 is 0.714 bits per heavy atom. The van der Waals surface area contributed by atoms with Crippen molar-refractivity contribution in [3.63, 3.8) is 0 Å². The van der Waals surface area contributed by atoms with Crippen molar-refractivity contribution in [3.8, 4) is 0 Å². The van der Waals surface area contributed by atoms with Gasteiger partial charge in [-0.3, -0.25) is 0 Å². The van der Waals surface area contributed by atoms with Crippen LogP contribution in [-0.4, -0.2) is 6.69 Å². The lowest BCUT2D eigenvalue weighted by Gasteiger charge is -2.15. The average Bonchev–Trinajstić information content (AvgIpc) is 2.13. The molecular formula is C11H24Cl2Si. The summed E-state index contributed by atoms with van der Waals surface area (Å²) in [4.78, 5) is 0. The van der Waals surface area contributed by atoms with Crippen LogP contribution in [-0.2, 0) is 0 Å². The van der Waals surface area contributed by atoms with Gasteiger partial charge in [0.1, 0.15) is 0 Å². The summed E-state index contributed by atoms with van der Waals surface area (Å²) >= 11 is 12.7. The summed E-state index contributed by atoms with van der Waals surface area (Å²) in [6, 6.07) is 2.19. The van der Waals surface area contributed by atoms with Gasteiger partial charge in [-0.25, -0.2) is 0 Å². The van der Waals surface area contributed by atoms with Crippen LogP contribution < -0.4 is 0 Å². The molecular weight excluding hydrogens is 231 g/mol. The van der Waals surface area contributed by atoms with E-state index >= 15 is 0 Å². The maximum Gasteiger partial charge on any atom is 0.251 e. The maximum absolute atomic E-state index is 6.36. The van der Waals surface area contributed by atoms with E-state index in [-0.39, 0.29) is 0 Å². The molecule has 0 aliphatic rings. The minimum atomic E-state index is -1.85. The second-order valence-corrected chi connectivity index (χ2v) is 11.8. The van der Waals surface area contributed by atoms with E-state index in [1.165, 1.54) is 44.9 Å². The lowest BCUT2D eigenvalue weighted by atomic mass is 10.2. The minimum absolute atomic E-state index is 1.09. The molecule has 0 aromatic heterocycles. The Hall–Kier alpha value is 0.797.